The molecule has 0 aromatic rings. The van der Waals surface area contributed by atoms with Crippen molar-refractivity contribution >= 4 is 12.3 Å². The Bertz CT molecular complexity index is 769. The molecule has 4 aliphatic rings. The van der Waals surface area contributed by atoms with Crippen molar-refractivity contribution in [3.8, 4) is 0 Å². The highest BCUT2D eigenvalue weighted by Gasteiger charge is 2.67. The Kier molecular flexibility index (Phi) is 5.08. The number of aldehydes is 1. The summed E-state index contributed by atoms with van der Waals surface area (Å²) < 4.78 is 5.98. The molecule has 3 saturated carbocycles. The Labute approximate surface area is 181 Å². The monoisotopic (exact) mass is 416 g/mol. The summed E-state index contributed by atoms with van der Waals surface area (Å²) in [6.07, 6.45) is 9.34. The Morgan fingerprint density at radius 1 is 1.03 bits per heavy atom. The molecule has 1 N–H and O–H groups in total. The molecule has 0 bridgehead atoms. The third kappa shape index (κ3) is 2.96. The minimum Gasteiger partial charge on any atom is -0.462 e. The SMILES string of the molecule is CC(=O)O[C@H]1C[C@H]2[C@@](C)(CCC3C(C)(C)CCC[C@@]32C)[C@@H]2C[C@@H](O)C(C=O)=C[C@@]12C. The van der Waals surface area contributed by atoms with Gasteiger partial charge in [0.15, 0.2) is 0 Å². The number of esters is 1. The van der Waals surface area contributed by atoms with Crippen molar-refractivity contribution in [3.63, 3.8) is 0 Å². The first-order valence-electron chi connectivity index (χ1n) is 11.9. The predicted molar refractivity (Wildman–Crippen MR) is 117 cm³/mol. The van der Waals surface area contributed by atoms with Gasteiger partial charge in [-0.3, -0.25) is 9.59 Å². The molecular weight excluding hydrogens is 376 g/mol. The van der Waals surface area contributed by atoms with E-state index in [1.807, 2.05) is 6.08 Å². The van der Waals surface area contributed by atoms with E-state index in [1.165, 1.54) is 32.6 Å². The highest BCUT2D eigenvalue weighted by Crippen LogP contribution is 2.72. The summed E-state index contributed by atoms with van der Waals surface area (Å²) in [5.41, 5.74) is 0.651. The van der Waals surface area contributed by atoms with E-state index in [1.54, 1.807) is 0 Å². The third-order valence-electron chi connectivity index (χ3n) is 10.3. The lowest BCUT2D eigenvalue weighted by Gasteiger charge is -2.69. The van der Waals surface area contributed by atoms with Gasteiger partial charge in [-0.1, -0.05) is 47.1 Å². The Morgan fingerprint density at radius 3 is 2.33 bits per heavy atom. The van der Waals surface area contributed by atoms with Crippen LogP contribution in [0.1, 0.15) is 86.5 Å². The molecule has 4 aliphatic carbocycles. The second-order valence-corrected chi connectivity index (χ2v) is 12.3. The van der Waals surface area contributed by atoms with Gasteiger partial charge >= 0.3 is 5.97 Å². The Morgan fingerprint density at radius 2 is 1.70 bits per heavy atom. The van der Waals surface area contributed by atoms with Crippen LogP contribution in [-0.2, 0) is 14.3 Å². The van der Waals surface area contributed by atoms with Gasteiger partial charge in [-0.15, -0.1) is 0 Å². The Hall–Kier alpha value is -1.16. The molecule has 4 heteroatoms. The van der Waals surface area contributed by atoms with Crippen molar-refractivity contribution in [1.82, 2.24) is 0 Å². The van der Waals surface area contributed by atoms with Crippen molar-refractivity contribution in [2.24, 2.45) is 39.4 Å². The molecule has 0 aromatic heterocycles. The normalized spacial score (nSPS) is 49.7. The van der Waals surface area contributed by atoms with Gasteiger partial charge in [0, 0.05) is 17.9 Å². The van der Waals surface area contributed by atoms with Crippen LogP contribution in [0.25, 0.3) is 0 Å². The van der Waals surface area contributed by atoms with Crippen LogP contribution < -0.4 is 0 Å². The first kappa shape index (κ1) is 22.0. The van der Waals surface area contributed by atoms with Crippen molar-refractivity contribution in [2.45, 2.75) is 98.7 Å². The quantitative estimate of drug-likeness (QED) is 0.503. The molecule has 0 spiro atoms. The largest absolute Gasteiger partial charge is 0.462 e. The zero-order valence-electron chi connectivity index (χ0n) is 19.7. The topological polar surface area (TPSA) is 63.6 Å². The van der Waals surface area contributed by atoms with E-state index >= 15 is 0 Å². The van der Waals surface area contributed by atoms with Crippen molar-refractivity contribution < 1.29 is 19.4 Å². The zero-order valence-corrected chi connectivity index (χ0v) is 19.7. The fourth-order valence-corrected chi connectivity index (χ4v) is 9.06. The summed E-state index contributed by atoms with van der Waals surface area (Å²) in [5.74, 6) is 1.06. The molecule has 0 radical (unpaired) electrons. The van der Waals surface area contributed by atoms with Crippen LogP contribution in [0.5, 0.6) is 0 Å². The molecule has 8 atom stereocenters. The maximum atomic E-state index is 12.1. The summed E-state index contributed by atoms with van der Waals surface area (Å²) >= 11 is 0. The van der Waals surface area contributed by atoms with Crippen molar-refractivity contribution in [3.05, 3.63) is 11.6 Å². The van der Waals surface area contributed by atoms with Gasteiger partial charge in [0.25, 0.3) is 0 Å². The molecule has 1 unspecified atom stereocenters. The Balaban J connectivity index is 1.83. The van der Waals surface area contributed by atoms with Gasteiger partial charge in [-0.2, -0.15) is 0 Å². The van der Waals surface area contributed by atoms with E-state index in [9.17, 15) is 14.7 Å². The molecule has 0 heterocycles. The fourth-order valence-electron chi connectivity index (χ4n) is 9.06. The van der Waals surface area contributed by atoms with E-state index in [0.717, 1.165) is 19.1 Å². The standard InChI is InChI=1S/C26H40O4/c1-16(28)30-22-13-21-24(4)10-7-9-23(2,3)19(24)8-11-25(21,5)20-12-18(29)17(15-27)14-26(20,22)6/h14-15,18-22,29H,7-13H2,1-6H3/t18-,19?,20+,21-,22+,24+,25+,26-/m1/s1. The number of aliphatic hydroxyl groups is 1. The number of carbonyl (C=O) groups is 2. The predicted octanol–water partition coefficient (Wildman–Crippen LogP) is 5.08. The molecule has 0 aromatic carbocycles. The minimum absolute atomic E-state index is 0.0654. The molecular formula is C26H40O4. The molecule has 4 rings (SSSR count). The molecule has 168 valence electrons. The first-order chi connectivity index (χ1) is 13.9. The summed E-state index contributed by atoms with van der Waals surface area (Å²) in [5, 5.41) is 10.8. The minimum atomic E-state index is -0.720. The van der Waals surface area contributed by atoms with Gasteiger partial charge in [0.2, 0.25) is 0 Å². The summed E-state index contributed by atoms with van der Waals surface area (Å²) in [7, 11) is 0. The summed E-state index contributed by atoms with van der Waals surface area (Å²) in [6, 6.07) is 0. The second-order valence-electron chi connectivity index (χ2n) is 12.3. The van der Waals surface area contributed by atoms with Crippen LogP contribution in [0.15, 0.2) is 11.6 Å². The molecule has 3 fully saturated rings. The van der Waals surface area contributed by atoms with Crippen LogP contribution in [0.4, 0.5) is 0 Å². The lowest BCUT2D eigenvalue weighted by molar-refractivity contribution is -0.226. The number of hydrogen-bond donors (Lipinski definition) is 1. The maximum Gasteiger partial charge on any atom is 0.302 e. The van der Waals surface area contributed by atoms with E-state index in [4.69, 9.17) is 4.74 Å². The number of rotatable bonds is 2. The molecule has 0 aliphatic heterocycles. The smallest absolute Gasteiger partial charge is 0.302 e. The molecule has 4 nitrogen and oxygen atoms in total. The average molecular weight is 417 g/mol. The van der Waals surface area contributed by atoms with Crippen molar-refractivity contribution in [2.75, 3.05) is 0 Å². The number of fused-ring (bicyclic) bond motifs is 5. The van der Waals surface area contributed by atoms with Gasteiger partial charge in [0.05, 0.1) is 6.10 Å². The highest BCUT2D eigenvalue weighted by molar-refractivity contribution is 5.75. The average Bonchev–Trinajstić information content (AvgIpc) is 2.63. The molecule has 30 heavy (non-hydrogen) atoms. The van der Waals surface area contributed by atoms with Gasteiger partial charge < -0.3 is 9.84 Å². The second kappa shape index (κ2) is 6.92. The lowest BCUT2D eigenvalue weighted by atomic mass is 9.35. The van der Waals surface area contributed by atoms with Crippen LogP contribution in [0, 0.1) is 39.4 Å². The van der Waals surface area contributed by atoms with Crippen LogP contribution in [-0.4, -0.2) is 29.6 Å². The molecule has 0 saturated heterocycles. The van der Waals surface area contributed by atoms with Gasteiger partial charge in [0.1, 0.15) is 12.4 Å². The van der Waals surface area contributed by atoms with E-state index in [-0.39, 0.29) is 28.8 Å². The van der Waals surface area contributed by atoms with Gasteiger partial charge in [-0.25, -0.2) is 0 Å². The first-order valence-corrected chi connectivity index (χ1v) is 11.9. The van der Waals surface area contributed by atoms with Crippen LogP contribution in [0.3, 0.4) is 0 Å². The maximum absolute atomic E-state index is 12.1. The van der Waals surface area contributed by atoms with Gasteiger partial charge in [-0.05, 0) is 72.5 Å². The number of carbonyl (C=O) groups excluding carboxylic acids is 2. The van der Waals surface area contributed by atoms with Crippen LogP contribution in [0.2, 0.25) is 0 Å². The lowest BCUT2D eigenvalue weighted by Crippen LogP contribution is -2.65. The summed E-state index contributed by atoms with van der Waals surface area (Å²) in [6.45, 7) is 13.5. The molecule has 0 amide bonds. The number of hydrogen-bond acceptors (Lipinski definition) is 4. The van der Waals surface area contributed by atoms with E-state index < -0.39 is 11.5 Å². The third-order valence-corrected chi connectivity index (χ3v) is 10.3. The zero-order chi connectivity index (χ0) is 22.1. The summed E-state index contributed by atoms with van der Waals surface area (Å²) in [4.78, 5) is 23.7. The van der Waals surface area contributed by atoms with E-state index in [2.05, 4.69) is 34.6 Å². The van der Waals surface area contributed by atoms with Crippen LogP contribution >= 0.6 is 0 Å². The number of aliphatic hydroxyl groups excluding tert-OH is 1. The van der Waals surface area contributed by atoms with E-state index in [0.29, 0.717) is 29.2 Å². The number of ether oxygens (including phenoxy) is 1. The fraction of sp³-hybridized carbons (Fsp3) is 0.846. The van der Waals surface area contributed by atoms with Crippen molar-refractivity contribution in [1.29, 1.82) is 0 Å². The highest BCUT2D eigenvalue weighted by atomic mass is 16.5.